The smallest absolute Gasteiger partial charge is 0.361 e. The summed E-state index contributed by atoms with van der Waals surface area (Å²) in [6.07, 6.45) is -5.10. The van der Waals surface area contributed by atoms with Crippen molar-refractivity contribution in [3.05, 3.63) is 50.2 Å². The van der Waals surface area contributed by atoms with Crippen LogP contribution in [0.25, 0.3) is 16.9 Å². The zero-order valence-corrected chi connectivity index (χ0v) is 20.0. The van der Waals surface area contributed by atoms with E-state index in [2.05, 4.69) is 21.8 Å². The number of halogens is 3. The highest BCUT2D eigenvalue weighted by Gasteiger charge is 2.43. The highest BCUT2D eigenvalue weighted by atomic mass is 19.4. The molecule has 0 atom stereocenters. The van der Waals surface area contributed by atoms with E-state index in [-0.39, 0.29) is 43.3 Å². The van der Waals surface area contributed by atoms with Crippen LogP contribution < -0.4 is 16.1 Å². The van der Waals surface area contributed by atoms with E-state index in [0.29, 0.717) is 5.69 Å². The molecule has 1 aliphatic heterocycles. The van der Waals surface area contributed by atoms with E-state index in [1.807, 2.05) is 26.0 Å². The van der Waals surface area contributed by atoms with Gasteiger partial charge in [-0.15, -0.1) is 5.06 Å². The Hall–Kier alpha value is -4.05. The summed E-state index contributed by atoms with van der Waals surface area (Å²) in [5, 5.41) is 0.925. The average molecular weight is 504 g/mol. The molecule has 0 bridgehead atoms. The Kier molecular flexibility index (Phi) is 6.40. The van der Waals surface area contributed by atoms with Gasteiger partial charge in [-0.3, -0.25) is 9.36 Å². The molecule has 1 aromatic carbocycles. The van der Waals surface area contributed by atoms with Gasteiger partial charge in [0, 0.05) is 26.2 Å². The van der Waals surface area contributed by atoms with Gasteiger partial charge in [0.1, 0.15) is 0 Å². The van der Waals surface area contributed by atoms with Gasteiger partial charge < -0.3 is 9.74 Å². The van der Waals surface area contributed by atoms with Crippen LogP contribution in [0.5, 0.6) is 0 Å². The minimum atomic E-state index is -5.10. The van der Waals surface area contributed by atoms with Crippen LogP contribution in [0, 0.1) is 25.8 Å². The fourth-order valence-electron chi connectivity index (χ4n) is 3.91. The molecule has 0 N–H and O–H groups in total. The first-order chi connectivity index (χ1) is 16.9. The zero-order valence-electron chi connectivity index (χ0n) is 20.0. The number of nitrogens with zero attached hydrogens (tertiary/aromatic N) is 6. The van der Waals surface area contributed by atoms with Crippen molar-refractivity contribution in [1.29, 1.82) is 0 Å². The number of carbonyl (C=O) groups excluding carboxylic acids is 1. The van der Waals surface area contributed by atoms with Crippen molar-refractivity contribution in [1.82, 2.24) is 23.7 Å². The summed E-state index contributed by atoms with van der Waals surface area (Å²) in [6, 6.07) is 8.27. The van der Waals surface area contributed by atoms with Crippen molar-refractivity contribution in [2.24, 2.45) is 7.05 Å². The van der Waals surface area contributed by atoms with Crippen LogP contribution in [0.2, 0.25) is 0 Å². The summed E-state index contributed by atoms with van der Waals surface area (Å²) < 4.78 is 41.3. The molecule has 0 radical (unpaired) electrons. The lowest BCUT2D eigenvalue weighted by molar-refractivity contribution is -0.239. The molecular weight excluding hydrogens is 481 g/mol. The Labute approximate surface area is 203 Å². The van der Waals surface area contributed by atoms with Gasteiger partial charge in [-0.25, -0.2) is 18.7 Å². The number of alkyl halides is 3. The number of aryl methyl sites for hydroxylation is 2. The molecule has 1 aliphatic rings. The number of fused-ring (bicyclic) bond motifs is 1. The maximum absolute atomic E-state index is 13.2. The molecule has 4 rings (SSSR count). The van der Waals surface area contributed by atoms with Gasteiger partial charge in [-0.05, 0) is 44.0 Å². The normalized spacial score (nSPS) is 14.6. The van der Waals surface area contributed by atoms with E-state index in [0.717, 1.165) is 20.8 Å². The van der Waals surface area contributed by atoms with E-state index in [1.165, 1.54) is 16.2 Å². The number of hydroxylamine groups is 2. The quantitative estimate of drug-likeness (QED) is 0.499. The number of aromatic nitrogens is 4. The summed E-state index contributed by atoms with van der Waals surface area (Å²) in [4.78, 5) is 48.2. The van der Waals surface area contributed by atoms with E-state index < -0.39 is 23.4 Å². The molecule has 1 fully saturated rings. The van der Waals surface area contributed by atoms with Crippen molar-refractivity contribution in [3.8, 4) is 17.7 Å². The molecule has 0 amide bonds. The van der Waals surface area contributed by atoms with E-state index in [9.17, 15) is 27.6 Å². The Morgan fingerprint density at radius 3 is 2.33 bits per heavy atom. The predicted octanol–water partition coefficient (Wildman–Crippen LogP) is 1.47. The first kappa shape index (κ1) is 25.1. The molecule has 0 saturated carbocycles. The Morgan fingerprint density at radius 2 is 1.75 bits per heavy atom. The highest BCUT2D eigenvalue weighted by Crippen LogP contribution is 2.24. The first-order valence-corrected chi connectivity index (χ1v) is 11.0. The molecular formula is C23H23F3N6O4. The second-order valence-electron chi connectivity index (χ2n) is 8.32. The minimum Gasteiger partial charge on any atom is -0.361 e. The average Bonchev–Trinajstić information content (AvgIpc) is 3.19. The number of hydrogen-bond acceptors (Lipinski definition) is 7. The third-order valence-corrected chi connectivity index (χ3v) is 5.98. The van der Waals surface area contributed by atoms with Gasteiger partial charge in [-0.2, -0.15) is 18.2 Å². The summed E-state index contributed by atoms with van der Waals surface area (Å²) >= 11 is 0. The number of rotatable bonds is 3. The Morgan fingerprint density at radius 1 is 1.08 bits per heavy atom. The van der Waals surface area contributed by atoms with E-state index in [4.69, 9.17) is 0 Å². The van der Waals surface area contributed by atoms with Crippen LogP contribution in [0.4, 0.5) is 19.1 Å². The van der Waals surface area contributed by atoms with Crippen molar-refractivity contribution >= 4 is 23.1 Å². The van der Waals surface area contributed by atoms with Crippen molar-refractivity contribution in [2.45, 2.75) is 26.9 Å². The number of piperazine rings is 1. The fourth-order valence-corrected chi connectivity index (χ4v) is 3.91. The van der Waals surface area contributed by atoms with E-state index in [1.54, 1.807) is 17.9 Å². The molecule has 2 aromatic heterocycles. The third-order valence-electron chi connectivity index (χ3n) is 5.98. The molecule has 3 aromatic rings. The standard InChI is InChI=1S/C23H23F3N6O4/c1-5-8-31-17-18(27-21(31)29-9-11-30(12-10-29)36-20(34)23(24,25)26)32(22(35)28(4)19(17)33)16-7-6-14(2)15(3)13-16/h6-7,13H,9-12H2,1-4H3. The summed E-state index contributed by atoms with van der Waals surface area (Å²) in [5.41, 5.74) is 1.52. The van der Waals surface area contributed by atoms with Crippen LogP contribution in [0.1, 0.15) is 18.1 Å². The third kappa shape index (κ3) is 4.35. The number of carbonyl (C=O) groups is 1. The SMILES string of the molecule is CC#Cn1c(N2CCN(OC(=O)C(F)(F)F)CC2)nc2c1c(=O)n(C)c(=O)n2-c1ccc(C)c(C)c1. The fraction of sp³-hybridized carbons (Fsp3) is 0.391. The van der Waals surface area contributed by atoms with E-state index >= 15 is 0 Å². The maximum Gasteiger partial charge on any atom is 0.492 e. The van der Waals surface area contributed by atoms with Crippen LogP contribution in [-0.2, 0) is 16.7 Å². The van der Waals surface area contributed by atoms with Crippen LogP contribution in [0.15, 0.2) is 27.8 Å². The Balaban J connectivity index is 1.81. The molecule has 36 heavy (non-hydrogen) atoms. The second kappa shape index (κ2) is 9.19. The highest BCUT2D eigenvalue weighted by molar-refractivity contribution is 5.78. The second-order valence-corrected chi connectivity index (χ2v) is 8.32. The van der Waals surface area contributed by atoms with Crippen molar-refractivity contribution < 1.29 is 22.8 Å². The van der Waals surface area contributed by atoms with Crippen molar-refractivity contribution in [3.63, 3.8) is 0 Å². The molecule has 3 heterocycles. The largest absolute Gasteiger partial charge is 0.492 e. The molecule has 0 aliphatic carbocycles. The van der Waals surface area contributed by atoms with Crippen LogP contribution in [0.3, 0.4) is 0 Å². The number of anilines is 1. The lowest BCUT2D eigenvalue weighted by Gasteiger charge is -2.33. The van der Waals surface area contributed by atoms with Gasteiger partial charge in [0.25, 0.3) is 5.56 Å². The molecule has 0 unspecified atom stereocenters. The van der Waals surface area contributed by atoms with Gasteiger partial charge in [-0.1, -0.05) is 12.0 Å². The summed E-state index contributed by atoms with van der Waals surface area (Å²) in [5.74, 6) is 0.697. The molecule has 0 spiro atoms. The Bertz CT molecular complexity index is 1530. The van der Waals surface area contributed by atoms with Gasteiger partial charge in [0.15, 0.2) is 11.2 Å². The predicted molar refractivity (Wildman–Crippen MR) is 125 cm³/mol. The molecule has 190 valence electrons. The minimum absolute atomic E-state index is 0.0352. The maximum atomic E-state index is 13.2. The number of imidazole rings is 1. The lowest BCUT2D eigenvalue weighted by atomic mass is 10.1. The summed E-state index contributed by atoms with van der Waals surface area (Å²) in [7, 11) is 1.37. The molecule has 10 nitrogen and oxygen atoms in total. The van der Waals surface area contributed by atoms with Crippen LogP contribution in [-0.4, -0.2) is 62.1 Å². The van der Waals surface area contributed by atoms with Gasteiger partial charge in [0.2, 0.25) is 5.95 Å². The number of benzene rings is 1. The zero-order chi connectivity index (χ0) is 26.4. The van der Waals surface area contributed by atoms with Crippen molar-refractivity contribution in [2.75, 3.05) is 31.1 Å². The first-order valence-electron chi connectivity index (χ1n) is 11.0. The number of hydrogen-bond donors (Lipinski definition) is 0. The molecule has 1 saturated heterocycles. The molecule has 13 heteroatoms. The van der Waals surface area contributed by atoms with Crippen LogP contribution >= 0.6 is 0 Å². The van der Waals surface area contributed by atoms with Gasteiger partial charge in [0.05, 0.1) is 18.8 Å². The topological polar surface area (TPSA) is 94.6 Å². The van der Waals surface area contributed by atoms with Gasteiger partial charge >= 0.3 is 17.8 Å². The monoisotopic (exact) mass is 504 g/mol. The lowest BCUT2D eigenvalue weighted by Crippen LogP contribution is -2.49. The summed E-state index contributed by atoms with van der Waals surface area (Å²) in [6.45, 7) is 5.61.